The van der Waals surface area contributed by atoms with E-state index in [1.165, 1.54) is 54.5 Å². The lowest BCUT2D eigenvalue weighted by atomic mass is 9.79. The van der Waals surface area contributed by atoms with E-state index in [2.05, 4.69) is 56.4 Å². The van der Waals surface area contributed by atoms with E-state index in [4.69, 9.17) is 11.6 Å². The number of halogens is 1. The second kappa shape index (κ2) is 7.83. The van der Waals surface area contributed by atoms with Crippen molar-refractivity contribution in [1.82, 2.24) is 0 Å². The number of nitrogens with one attached hydrogen (secondary N) is 1. The van der Waals surface area contributed by atoms with Crippen molar-refractivity contribution in [3.8, 4) is 0 Å². The van der Waals surface area contributed by atoms with Crippen LogP contribution in [-0.4, -0.2) is 0 Å². The molecule has 2 heteroatoms. The summed E-state index contributed by atoms with van der Waals surface area (Å²) < 4.78 is 0. The first-order chi connectivity index (χ1) is 11.9. The highest BCUT2D eigenvalue weighted by Gasteiger charge is 2.22. The Balaban J connectivity index is 1.84. The summed E-state index contributed by atoms with van der Waals surface area (Å²) in [6.07, 6.45) is 6.76. The van der Waals surface area contributed by atoms with Gasteiger partial charge < -0.3 is 5.32 Å². The van der Waals surface area contributed by atoms with Crippen LogP contribution in [0.2, 0.25) is 5.02 Å². The van der Waals surface area contributed by atoms with Gasteiger partial charge in [0.25, 0.3) is 0 Å². The maximum absolute atomic E-state index is 6.00. The molecule has 1 aliphatic rings. The fraction of sp³-hybridized carbons (Fsp3) is 0.478. The van der Waals surface area contributed by atoms with E-state index >= 15 is 0 Å². The van der Waals surface area contributed by atoms with Gasteiger partial charge >= 0.3 is 0 Å². The van der Waals surface area contributed by atoms with Gasteiger partial charge in [-0.15, -0.1) is 0 Å². The van der Waals surface area contributed by atoms with Crippen LogP contribution in [-0.2, 0) is 12.0 Å². The van der Waals surface area contributed by atoms with Gasteiger partial charge in [0, 0.05) is 17.3 Å². The van der Waals surface area contributed by atoms with Gasteiger partial charge in [-0.2, -0.15) is 0 Å². The van der Waals surface area contributed by atoms with Crippen LogP contribution < -0.4 is 5.32 Å². The average molecular weight is 356 g/mol. The zero-order valence-electron chi connectivity index (χ0n) is 15.7. The highest BCUT2D eigenvalue weighted by atomic mass is 35.5. The van der Waals surface area contributed by atoms with Gasteiger partial charge in [0.15, 0.2) is 0 Å². The first kappa shape index (κ1) is 18.3. The van der Waals surface area contributed by atoms with Crippen molar-refractivity contribution in [2.24, 2.45) is 0 Å². The Morgan fingerprint density at radius 3 is 2.28 bits per heavy atom. The van der Waals surface area contributed by atoms with Crippen molar-refractivity contribution in [2.45, 2.75) is 70.8 Å². The van der Waals surface area contributed by atoms with Gasteiger partial charge in [-0.3, -0.25) is 0 Å². The lowest BCUT2D eigenvalue weighted by Crippen LogP contribution is -2.15. The van der Waals surface area contributed by atoms with E-state index in [-0.39, 0.29) is 5.41 Å². The lowest BCUT2D eigenvalue weighted by molar-refractivity contribution is 0.443. The largest absolute Gasteiger partial charge is 0.381 e. The second-order valence-corrected chi connectivity index (χ2v) is 8.80. The van der Waals surface area contributed by atoms with Crippen LogP contribution in [0, 0.1) is 0 Å². The summed E-state index contributed by atoms with van der Waals surface area (Å²) in [6, 6.07) is 15.2. The van der Waals surface area contributed by atoms with Gasteiger partial charge in [0.2, 0.25) is 0 Å². The van der Waals surface area contributed by atoms with E-state index in [1.807, 2.05) is 12.1 Å². The van der Waals surface area contributed by atoms with Crippen molar-refractivity contribution in [3.63, 3.8) is 0 Å². The summed E-state index contributed by atoms with van der Waals surface area (Å²) in [4.78, 5) is 0. The highest BCUT2D eigenvalue weighted by Crippen LogP contribution is 2.38. The van der Waals surface area contributed by atoms with E-state index in [0.717, 1.165) is 11.6 Å². The Labute approximate surface area is 157 Å². The fourth-order valence-corrected chi connectivity index (χ4v) is 3.87. The van der Waals surface area contributed by atoms with Crippen molar-refractivity contribution < 1.29 is 0 Å². The molecule has 2 aromatic carbocycles. The Kier molecular flexibility index (Phi) is 5.74. The first-order valence-electron chi connectivity index (χ1n) is 9.56. The molecule has 1 aliphatic carbocycles. The highest BCUT2D eigenvalue weighted by molar-refractivity contribution is 6.30. The van der Waals surface area contributed by atoms with Gasteiger partial charge in [0.05, 0.1) is 0 Å². The van der Waals surface area contributed by atoms with Crippen molar-refractivity contribution in [1.29, 1.82) is 0 Å². The molecule has 1 fully saturated rings. The van der Waals surface area contributed by atoms with E-state index in [9.17, 15) is 0 Å². The molecule has 134 valence electrons. The van der Waals surface area contributed by atoms with Crippen molar-refractivity contribution >= 4 is 17.3 Å². The van der Waals surface area contributed by atoms with Gasteiger partial charge in [-0.05, 0) is 59.1 Å². The molecule has 0 radical (unpaired) electrons. The third kappa shape index (κ3) is 4.79. The van der Waals surface area contributed by atoms with Crippen LogP contribution >= 0.6 is 11.6 Å². The molecule has 0 aromatic heterocycles. The summed E-state index contributed by atoms with van der Waals surface area (Å²) in [7, 11) is 0. The van der Waals surface area contributed by atoms with Crippen molar-refractivity contribution in [2.75, 3.05) is 5.32 Å². The summed E-state index contributed by atoms with van der Waals surface area (Å²) in [5, 5.41) is 4.47. The zero-order valence-corrected chi connectivity index (χ0v) is 16.5. The number of anilines is 1. The number of rotatable bonds is 4. The molecule has 25 heavy (non-hydrogen) atoms. The van der Waals surface area contributed by atoms with E-state index in [1.54, 1.807) is 0 Å². The Morgan fingerprint density at radius 2 is 1.64 bits per heavy atom. The van der Waals surface area contributed by atoms with Crippen LogP contribution in [0.3, 0.4) is 0 Å². The van der Waals surface area contributed by atoms with Crippen LogP contribution in [0.5, 0.6) is 0 Å². The molecule has 0 bridgehead atoms. The number of benzene rings is 2. The SMILES string of the molecule is CC(C)(C)c1ccc(NCc2ccc(Cl)cc2)c(C2CCCCC2)c1. The third-order valence-electron chi connectivity index (χ3n) is 5.36. The number of hydrogen-bond acceptors (Lipinski definition) is 1. The molecule has 2 aromatic rings. The summed E-state index contributed by atoms with van der Waals surface area (Å²) in [5.41, 5.74) is 5.71. The minimum atomic E-state index is 0.193. The van der Waals surface area contributed by atoms with Crippen LogP contribution in [0.25, 0.3) is 0 Å². The van der Waals surface area contributed by atoms with Crippen LogP contribution in [0.4, 0.5) is 5.69 Å². The Morgan fingerprint density at radius 1 is 0.960 bits per heavy atom. The summed E-state index contributed by atoms with van der Waals surface area (Å²) >= 11 is 6.00. The van der Waals surface area contributed by atoms with Crippen LogP contribution in [0.15, 0.2) is 42.5 Å². The normalized spacial score (nSPS) is 16.0. The van der Waals surface area contributed by atoms with Crippen LogP contribution in [0.1, 0.15) is 75.5 Å². The van der Waals surface area contributed by atoms with Crippen molar-refractivity contribution in [3.05, 3.63) is 64.2 Å². The lowest BCUT2D eigenvalue weighted by Gasteiger charge is -2.28. The minimum Gasteiger partial charge on any atom is -0.381 e. The van der Waals surface area contributed by atoms with E-state index in [0.29, 0.717) is 5.92 Å². The van der Waals surface area contributed by atoms with E-state index < -0.39 is 0 Å². The number of hydrogen-bond donors (Lipinski definition) is 1. The molecule has 3 rings (SSSR count). The maximum atomic E-state index is 6.00. The third-order valence-corrected chi connectivity index (χ3v) is 5.61. The molecule has 0 unspecified atom stereocenters. The molecular weight excluding hydrogens is 326 g/mol. The minimum absolute atomic E-state index is 0.193. The predicted octanol–water partition coefficient (Wildman–Crippen LogP) is 7.30. The summed E-state index contributed by atoms with van der Waals surface area (Å²) in [6.45, 7) is 7.74. The molecule has 1 nitrogen and oxygen atoms in total. The fourth-order valence-electron chi connectivity index (χ4n) is 3.74. The molecule has 0 atom stereocenters. The van der Waals surface area contributed by atoms with Gasteiger partial charge in [-0.25, -0.2) is 0 Å². The molecule has 0 amide bonds. The average Bonchev–Trinajstić information content (AvgIpc) is 2.61. The molecule has 0 heterocycles. The second-order valence-electron chi connectivity index (χ2n) is 8.37. The smallest absolute Gasteiger partial charge is 0.0406 e. The molecule has 0 aliphatic heterocycles. The molecule has 1 N–H and O–H groups in total. The molecule has 0 saturated heterocycles. The Bertz CT molecular complexity index is 691. The zero-order chi connectivity index (χ0) is 17.9. The molecule has 1 saturated carbocycles. The monoisotopic (exact) mass is 355 g/mol. The van der Waals surface area contributed by atoms with Gasteiger partial charge in [-0.1, -0.05) is 75.9 Å². The first-order valence-corrected chi connectivity index (χ1v) is 9.94. The predicted molar refractivity (Wildman–Crippen MR) is 110 cm³/mol. The molecule has 0 spiro atoms. The maximum Gasteiger partial charge on any atom is 0.0406 e. The Hall–Kier alpha value is -1.47. The van der Waals surface area contributed by atoms with Gasteiger partial charge in [0.1, 0.15) is 0 Å². The standard InChI is InChI=1S/C23H30ClN/c1-23(2,3)19-11-14-22(21(15-19)18-7-5-4-6-8-18)25-16-17-9-12-20(24)13-10-17/h9-15,18,25H,4-8,16H2,1-3H3. The quantitative estimate of drug-likeness (QED) is 0.606. The summed E-state index contributed by atoms with van der Waals surface area (Å²) in [5.74, 6) is 0.698. The molecular formula is C23H30ClN. The topological polar surface area (TPSA) is 12.0 Å².